The summed E-state index contributed by atoms with van der Waals surface area (Å²) in [5.41, 5.74) is 5.75. The van der Waals surface area contributed by atoms with E-state index in [1.54, 1.807) is 38.0 Å². The average molecular weight is 227 g/mol. The smallest absolute Gasteiger partial charge is 0.325 e. The van der Waals surface area contributed by atoms with E-state index < -0.39 is 12.0 Å². The summed E-state index contributed by atoms with van der Waals surface area (Å²) >= 11 is 0. The van der Waals surface area contributed by atoms with Crippen molar-refractivity contribution in [2.75, 3.05) is 13.7 Å². The molecule has 0 spiro atoms. The lowest BCUT2D eigenvalue weighted by Crippen LogP contribution is -2.39. The van der Waals surface area contributed by atoms with Crippen LogP contribution in [0.3, 0.4) is 0 Å². The van der Waals surface area contributed by atoms with Gasteiger partial charge in [0, 0.05) is 0 Å². The number of nitrogens with two attached hydrogens (primary N) is 1. The van der Waals surface area contributed by atoms with Gasteiger partial charge in [0.25, 0.3) is 0 Å². The topological polar surface area (TPSA) is 79.4 Å². The maximum atomic E-state index is 11.4. The minimum absolute atomic E-state index is 0.275. The highest BCUT2D eigenvalue weighted by molar-refractivity contribution is 5.76. The van der Waals surface area contributed by atoms with Crippen molar-refractivity contribution in [2.45, 2.75) is 25.9 Å². The lowest BCUT2D eigenvalue weighted by atomic mass is 10.1. The van der Waals surface area contributed by atoms with Gasteiger partial charge in [0.05, 0.1) is 32.2 Å². The summed E-state index contributed by atoms with van der Waals surface area (Å²) in [7, 11) is 1.55. The van der Waals surface area contributed by atoms with Crippen LogP contribution in [0.25, 0.3) is 0 Å². The molecule has 0 saturated carbocycles. The van der Waals surface area contributed by atoms with E-state index in [0.717, 1.165) is 0 Å². The normalized spacial score (nSPS) is 14.2. The van der Waals surface area contributed by atoms with E-state index in [0.29, 0.717) is 12.4 Å². The highest BCUT2D eigenvalue weighted by Gasteiger charge is 2.24. The lowest BCUT2D eigenvalue weighted by Gasteiger charge is -2.18. The van der Waals surface area contributed by atoms with E-state index in [-0.39, 0.29) is 6.04 Å². The van der Waals surface area contributed by atoms with Crippen LogP contribution in [-0.2, 0) is 9.53 Å². The number of hydrogen-bond acceptors (Lipinski definition) is 5. The second kappa shape index (κ2) is 5.50. The van der Waals surface area contributed by atoms with E-state index in [1.165, 1.54) is 0 Å². The largest absolute Gasteiger partial charge is 0.493 e. The molecule has 2 unspecified atom stereocenters. The minimum atomic E-state index is -0.732. The fourth-order valence-corrected chi connectivity index (χ4v) is 1.25. The number of carbonyl (C=O) groups is 1. The van der Waals surface area contributed by atoms with E-state index in [9.17, 15) is 4.79 Å². The zero-order chi connectivity index (χ0) is 12.1. The predicted molar refractivity (Wildman–Crippen MR) is 58.1 cm³/mol. The van der Waals surface area contributed by atoms with Gasteiger partial charge >= 0.3 is 5.97 Å². The molecular weight excluding hydrogens is 210 g/mol. The summed E-state index contributed by atoms with van der Waals surface area (Å²) in [5, 5.41) is 4.05. The Balaban J connectivity index is 2.69. The lowest BCUT2D eigenvalue weighted by molar-refractivity contribution is -0.145. The van der Waals surface area contributed by atoms with Crippen molar-refractivity contribution in [3.05, 3.63) is 12.4 Å². The van der Waals surface area contributed by atoms with Crippen LogP contribution in [0.4, 0.5) is 0 Å². The van der Waals surface area contributed by atoms with Crippen molar-refractivity contribution in [3.63, 3.8) is 0 Å². The number of carbonyl (C=O) groups excluding carboxylic acids is 1. The molecule has 0 saturated heterocycles. The molecule has 16 heavy (non-hydrogen) atoms. The standard InChI is InChI=1S/C10H17N3O3/c1-4-16-10(14)9(11)7(2)13-6-8(15-3)5-12-13/h5-7,9H,4,11H2,1-3H3. The molecule has 0 aliphatic heterocycles. The van der Waals surface area contributed by atoms with E-state index >= 15 is 0 Å². The van der Waals surface area contributed by atoms with Gasteiger partial charge in [0.15, 0.2) is 5.75 Å². The van der Waals surface area contributed by atoms with E-state index in [2.05, 4.69) is 5.10 Å². The number of hydrogen-bond donors (Lipinski definition) is 1. The Morgan fingerprint density at radius 1 is 1.69 bits per heavy atom. The first-order chi connectivity index (χ1) is 7.60. The molecule has 1 aromatic rings. The van der Waals surface area contributed by atoms with Crippen LogP contribution in [0.1, 0.15) is 19.9 Å². The van der Waals surface area contributed by atoms with Gasteiger partial charge in [-0.25, -0.2) is 0 Å². The molecular formula is C10H17N3O3. The van der Waals surface area contributed by atoms with Crippen molar-refractivity contribution >= 4 is 5.97 Å². The second-order valence-corrected chi connectivity index (χ2v) is 3.38. The molecule has 1 heterocycles. The SMILES string of the molecule is CCOC(=O)C(N)C(C)n1cc(OC)cn1. The number of ether oxygens (including phenoxy) is 2. The first-order valence-corrected chi connectivity index (χ1v) is 5.10. The maximum Gasteiger partial charge on any atom is 0.325 e. The van der Waals surface area contributed by atoms with Crippen LogP contribution in [0, 0.1) is 0 Å². The molecule has 0 amide bonds. The third-order valence-corrected chi connectivity index (χ3v) is 2.31. The summed E-state index contributed by atoms with van der Waals surface area (Å²) in [5.74, 6) is 0.201. The third-order valence-electron chi connectivity index (χ3n) is 2.31. The Morgan fingerprint density at radius 2 is 2.38 bits per heavy atom. The molecule has 2 N–H and O–H groups in total. The minimum Gasteiger partial charge on any atom is -0.493 e. The Labute approximate surface area is 94.3 Å². The van der Waals surface area contributed by atoms with Crippen molar-refractivity contribution in [1.82, 2.24) is 9.78 Å². The Kier molecular flexibility index (Phi) is 4.30. The molecule has 90 valence electrons. The van der Waals surface area contributed by atoms with Crippen LogP contribution in [0.5, 0.6) is 5.75 Å². The van der Waals surface area contributed by atoms with E-state index in [4.69, 9.17) is 15.2 Å². The quantitative estimate of drug-likeness (QED) is 0.734. The number of methoxy groups -OCH3 is 1. The summed E-state index contributed by atoms with van der Waals surface area (Å²) in [4.78, 5) is 11.4. The van der Waals surface area contributed by atoms with Crippen LogP contribution < -0.4 is 10.5 Å². The number of aromatic nitrogens is 2. The zero-order valence-electron chi connectivity index (χ0n) is 9.71. The molecule has 1 aromatic heterocycles. The highest BCUT2D eigenvalue weighted by atomic mass is 16.5. The van der Waals surface area contributed by atoms with Crippen molar-refractivity contribution in [2.24, 2.45) is 5.73 Å². The van der Waals surface area contributed by atoms with Gasteiger partial charge in [-0.2, -0.15) is 5.10 Å². The third kappa shape index (κ3) is 2.73. The van der Waals surface area contributed by atoms with Crippen LogP contribution in [-0.4, -0.2) is 35.5 Å². The molecule has 2 atom stereocenters. The van der Waals surface area contributed by atoms with Gasteiger partial charge in [-0.15, -0.1) is 0 Å². The molecule has 0 radical (unpaired) electrons. The molecule has 6 heteroatoms. The Morgan fingerprint density at radius 3 is 2.88 bits per heavy atom. The van der Waals surface area contributed by atoms with Crippen LogP contribution >= 0.6 is 0 Å². The molecule has 0 aliphatic carbocycles. The molecule has 0 bridgehead atoms. The van der Waals surface area contributed by atoms with Gasteiger partial charge in [-0.05, 0) is 13.8 Å². The number of nitrogens with zero attached hydrogens (tertiary/aromatic N) is 2. The van der Waals surface area contributed by atoms with Crippen LogP contribution in [0.15, 0.2) is 12.4 Å². The van der Waals surface area contributed by atoms with Gasteiger partial charge in [-0.3, -0.25) is 9.48 Å². The highest BCUT2D eigenvalue weighted by Crippen LogP contribution is 2.14. The Hall–Kier alpha value is -1.56. The first kappa shape index (κ1) is 12.5. The summed E-state index contributed by atoms with van der Waals surface area (Å²) in [6.07, 6.45) is 3.25. The van der Waals surface area contributed by atoms with Gasteiger partial charge in [0.2, 0.25) is 0 Å². The fraction of sp³-hybridized carbons (Fsp3) is 0.600. The van der Waals surface area contributed by atoms with Crippen LogP contribution in [0.2, 0.25) is 0 Å². The molecule has 0 aromatic carbocycles. The average Bonchev–Trinajstić information content (AvgIpc) is 2.75. The van der Waals surface area contributed by atoms with Gasteiger partial charge < -0.3 is 15.2 Å². The Bertz CT molecular complexity index is 351. The van der Waals surface area contributed by atoms with Crippen molar-refractivity contribution in [1.29, 1.82) is 0 Å². The predicted octanol–water partition coefficient (Wildman–Crippen LogP) is 0.343. The molecule has 6 nitrogen and oxygen atoms in total. The monoisotopic (exact) mass is 227 g/mol. The van der Waals surface area contributed by atoms with Crippen molar-refractivity contribution in [3.8, 4) is 5.75 Å². The second-order valence-electron chi connectivity index (χ2n) is 3.38. The number of rotatable bonds is 5. The fourth-order valence-electron chi connectivity index (χ4n) is 1.25. The molecule has 1 rings (SSSR count). The van der Waals surface area contributed by atoms with Gasteiger partial charge in [0.1, 0.15) is 6.04 Å². The van der Waals surface area contributed by atoms with Gasteiger partial charge in [-0.1, -0.05) is 0 Å². The first-order valence-electron chi connectivity index (χ1n) is 5.10. The van der Waals surface area contributed by atoms with Crippen molar-refractivity contribution < 1.29 is 14.3 Å². The molecule has 0 aliphatic rings. The summed E-state index contributed by atoms with van der Waals surface area (Å²) in [6.45, 7) is 3.86. The summed E-state index contributed by atoms with van der Waals surface area (Å²) < 4.78 is 11.4. The maximum absolute atomic E-state index is 11.4. The summed E-state index contributed by atoms with van der Waals surface area (Å²) in [6, 6.07) is -1.01. The number of esters is 1. The molecule has 0 fully saturated rings. The zero-order valence-corrected chi connectivity index (χ0v) is 9.71. The van der Waals surface area contributed by atoms with E-state index in [1.807, 2.05) is 0 Å².